The van der Waals surface area contributed by atoms with E-state index in [1.165, 1.54) is 12.1 Å². The molecule has 9 nitrogen and oxygen atoms in total. The van der Waals surface area contributed by atoms with Crippen molar-refractivity contribution in [2.45, 2.75) is 25.3 Å². The summed E-state index contributed by atoms with van der Waals surface area (Å²) in [4.78, 5) is 33.0. The van der Waals surface area contributed by atoms with Crippen LogP contribution in [-0.4, -0.2) is 66.0 Å². The lowest BCUT2D eigenvalue weighted by Gasteiger charge is -2.32. The van der Waals surface area contributed by atoms with Crippen LogP contribution >= 0.6 is 0 Å². The second kappa shape index (κ2) is 11.8. The van der Waals surface area contributed by atoms with Crippen LogP contribution in [-0.2, 0) is 6.42 Å². The summed E-state index contributed by atoms with van der Waals surface area (Å²) in [6.45, 7) is 10.2. The van der Waals surface area contributed by atoms with Gasteiger partial charge in [-0.05, 0) is 61.4 Å². The van der Waals surface area contributed by atoms with Crippen LogP contribution in [0.3, 0.4) is 0 Å². The van der Waals surface area contributed by atoms with Crippen LogP contribution in [0.25, 0.3) is 44.0 Å². The predicted octanol–water partition coefficient (Wildman–Crippen LogP) is 5.93. The normalized spacial score (nSPS) is 14.3. The van der Waals surface area contributed by atoms with E-state index >= 15 is 0 Å². The molecule has 5 heterocycles. The molecule has 0 N–H and O–H groups in total. The van der Waals surface area contributed by atoms with Crippen molar-refractivity contribution in [3.05, 3.63) is 114 Å². The van der Waals surface area contributed by atoms with Gasteiger partial charge in [-0.3, -0.25) is 14.7 Å². The number of benzene rings is 2. The van der Waals surface area contributed by atoms with Gasteiger partial charge in [0, 0.05) is 41.8 Å². The highest BCUT2D eigenvalue weighted by Gasteiger charge is 2.26. The average molecular weight is 585 g/mol. The van der Waals surface area contributed by atoms with E-state index in [1.807, 2.05) is 42.7 Å². The van der Waals surface area contributed by atoms with Gasteiger partial charge < -0.3 is 9.41 Å². The number of Topliss-reactive ketones (excluding diaryl/α,β-unsaturated/α-hetero) is 1. The molecular formula is C34H29FN8O. The third-order valence-electron chi connectivity index (χ3n) is 8.29. The van der Waals surface area contributed by atoms with Gasteiger partial charge in [-0.25, -0.2) is 25.4 Å². The Morgan fingerprint density at radius 1 is 1.00 bits per heavy atom. The zero-order chi connectivity index (χ0) is 30.0. The monoisotopic (exact) mass is 584 g/mol. The number of pyridine rings is 1. The van der Waals surface area contributed by atoms with Crippen molar-refractivity contribution in [2.24, 2.45) is 0 Å². The van der Waals surface area contributed by atoms with Crippen LogP contribution in [0.1, 0.15) is 34.9 Å². The van der Waals surface area contributed by atoms with Crippen LogP contribution < -0.4 is 0 Å². The van der Waals surface area contributed by atoms with E-state index in [4.69, 9.17) is 16.7 Å². The van der Waals surface area contributed by atoms with Gasteiger partial charge in [0.1, 0.15) is 11.5 Å². The molecule has 7 rings (SSSR count). The number of para-hydroxylation sites is 1. The van der Waals surface area contributed by atoms with Gasteiger partial charge in [0.05, 0.1) is 48.1 Å². The first-order chi connectivity index (χ1) is 21.6. The molecule has 0 spiro atoms. The first kappa shape index (κ1) is 27.6. The Morgan fingerprint density at radius 3 is 2.64 bits per heavy atom. The van der Waals surface area contributed by atoms with E-state index in [0.717, 1.165) is 60.3 Å². The summed E-state index contributed by atoms with van der Waals surface area (Å²) in [5.74, 6) is -0.340. The summed E-state index contributed by atoms with van der Waals surface area (Å²) in [6.07, 6.45) is 7.30. The van der Waals surface area contributed by atoms with E-state index in [9.17, 15) is 9.18 Å². The molecule has 1 fully saturated rings. The third-order valence-corrected chi connectivity index (χ3v) is 8.29. The van der Waals surface area contributed by atoms with Crippen LogP contribution in [0.5, 0.6) is 0 Å². The molecule has 6 aromatic rings. The molecule has 218 valence electrons. The van der Waals surface area contributed by atoms with Crippen molar-refractivity contribution in [3.8, 4) is 22.6 Å². The molecule has 1 aliphatic heterocycles. The molecule has 4 aromatic heterocycles. The summed E-state index contributed by atoms with van der Waals surface area (Å²) in [6, 6.07) is 19.8. The number of ketones is 1. The smallest absolute Gasteiger partial charge is 0.227 e. The molecule has 0 radical (unpaired) electrons. The second-order valence-electron chi connectivity index (χ2n) is 11.0. The first-order valence-electron chi connectivity index (χ1n) is 14.7. The highest BCUT2D eigenvalue weighted by atomic mass is 19.1. The maximum atomic E-state index is 13.8. The highest BCUT2D eigenvalue weighted by molar-refractivity contribution is 6.07. The number of halogens is 1. The average Bonchev–Trinajstić information content (AvgIpc) is 3.68. The van der Waals surface area contributed by atoms with Crippen molar-refractivity contribution < 1.29 is 9.18 Å². The molecular weight excluding hydrogens is 555 g/mol. The summed E-state index contributed by atoms with van der Waals surface area (Å²) in [5, 5.41) is 5.76. The third kappa shape index (κ3) is 5.34. The van der Waals surface area contributed by atoms with Crippen molar-refractivity contribution in [1.29, 1.82) is 0 Å². The SMILES string of the molecule is [C-]#[N+]CCN1CCC(n2cnc(-c3ccc(F)cc3)c2-c2ccc3nc(CC(=O)c4ccnc5ccccc45)cn3n2)CC1. The number of aromatic nitrogens is 6. The molecule has 0 bridgehead atoms. The van der Waals surface area contributed by atoms with E-state index in [0.29, 0.717) is 29.1 Å². The number of piperidine rings is 1. The maximum absolute atomic E-state index is 13.8. The largest absolute Gasteiger partial charge is 0.326 e. The number of carbonyl (C=O) groups is 1. The van der Waals surface area contributed by atoms with E-state index in [2.05, 4.69) is 24.3 Å². The van der Waals surface area contributed by atoms with Crippen molar-refractivity contribution in [2.75, 3.05) is 26.2 Å². The molecule has 2 aromatic carbocycles. The first-order valence-corrected chi connectivity index (χ1v) is 14.7. The van der Waals surface area contributed by atoms with E-state index in [1.54, 1.807) is 35.1 Å². The number of hydrogen-bond donors (Lipinski definition) is 0. The quantitative estimate of drug-likeness (QED) is 0.163. The van der Waals surface area contributed by atoms with Gasteiger partial charge in [-0.15, -0.1) is 0 Å². The zero-order valence-electron chi connectivity index (χ0n) is 24.0. The Labute approximate surface area is 253 Å². The van der Waals surface area contributed by atoms with Gasteiger partial charge >= 0.3 is 0 Å². The van der Waals surface area contributed by atoms with Gasteiger partial charge in [0.15, 0.2) is 11.4 Å². The van der Waals surface area contributed by atoms with E-state index in [-0.39, 0.29) is 24.1 Å². The summed E-state index contributed by atoms with van der Waals surface area (Å²) < 4.78 is 17.7. The molecule has 0 unspecified atom stereocenters. The molecule has 0 saturated carbocycles. The predicted molar refractivity (Wildman–Crippen MR) is 166 cm³/mol. The number of carbonyl (C=O) groups excluding carboxylic acids is 1. The van der Waals surface area contributed by atoms with Crippen LogP contribution in [0, 0.1) is 12.4 Å². The van der Waals surface area contributed by atoms with Crippen molar-refractivity contribution in [1.82, 2.24) is 34.0 Å². The van der Waals surface area contributed by atoms with Crippen molar-refractivity contribution in [3.63, 3.8) is 0 Å². The Morgan fingerprint density at radius 2 is 1.82 bits per heavy atom. The summed E-state index contributed by atoms with van der Waals surface area (Å²) >= 11 is 0. The minimum atomic E-state index is -0.304. The fourth-order valence-electron chi connectivity index (χ4n) is 6.06. The van der Waals surface area contributed by atoms with E-state index < -0.39 is 0 Å². The van der Waals surface area contributed by atoms with Gasteiger partial charge in [-0.1, -0.05) is 18.2 Å². The Balaban J connectivity index is 1.22. The topological polar surface area (TPSA) is 85.6 Å². The Bertz CT molecular complexity index is 2010. The van der Waals surface area contributed by atoms with Crippen LogP contribution in [0.2, 0.25) is 0 Å². The molecule has 0 amide bonds. The van der Waals surface area contributed by atoms with Gasteiger partial charge in [0.25, 0.3) is 0 Å². The number of nitrogens with zero attached hydrogens (tertiary/aromatic N) is 8. The molecule has 44 heavy (non-hydrogen) atoms. The number of imidazole rings is 2. The van der Waals surface area contributed by atoms with Crippen LogP contribution in [0.4, 0.5) is 4.39 Å². The Hall–Kier alpha value is -5.27. The number of hydrogen-bond acceptors (Lipinski definition) is 6. The van der Waals surface area contributed by atoms with Crippen molar-refractivity contribution >= 4 is 22.3 Å². The standard InChI is InChI=1S/C34H29FN8O/c1-36-16-19-41-17-13-26(14-18-41)42-22-38-33(23-6-8-24(35)9-7-23)34(42)30-10-11-32-39-25(21-43(32)40-30)20-31(44)28-12-15-37-29-5-3-2-4-27(28)29/h2-12,15,21-22,26H,13-14,16-20H2. The van der Waals surface area contributed by atoms with Crippen LogP contribution in [0.15, 0.2) is 85.5 Å². The lowest BCUT2D eigenvalue weighted by atomic mass is 10.0. The summed E-state index contributed by atoms with van der Waals surface area (Å²) in [5.41, 5.74) is 5.76. The number of fused-ring (bicyclic) bond motifs is 2. The molecule has 1 aliphatic rings. The number of rotatable bonds is 8. The molecule has 10 heteroatoms. The molecule has 0 aliphatic carbocycles. The minimum Gasteiger partial charge on any atom is -0.326 e. The minimum absolute atomic E-state index is 0.0355. The fourth-order valence-corrected chi connectivity index (χ4v) is 6.06. The highest BCUT2D eigenvalue weighted by Crippen LogP contribution is 2.35. The lowest BCUT2D eigenvalue weighted by Crippen LogP contribution is -2.36. The summed E-state index contributed by atoms with van der Waals surface area (Å²) in [7, 11) is 0. The van der Waals surface area contributed by atoms with Gasteiger partial charge in [0.2, 0.25) is 6.54 Å². The molecule has 1 saturated heterocycles. The maximum Gasteiger partial charge on any atom is 0.227 e. The Kier molecular flexibility index (Phi) is 7.38. The second-order valence-corrected chi connectivity index (χ2v) is 11.0. The lowest BCUT2D eigenvalue weighted by molar-refractivity contribution is 0.0993. The zero-order valence-corrected chi connectivity index (χ0v) is 24.0. The van der Waals surface area contributed by atoms with Gasteiger partial charge in [-0.2, -0.15) is 5.10 Å². The molecule has 0 atom stereocenters. The number of likely N-dealkylation sites (tertiary alicyclic amines) is 1. The fraction of sp³-hybridized carbons (Fsp3) is 0.235.